The molecular weight excluding hydrogens is 361 g/mol. The van der Waals surface area contributed by atoms with Gasteiger partial charge >= 0.3 is 6.03 Å². The van der Waals surface area contributed by atoms with Crippen molar-refractivity contribution in [2.45, 2.75) is 44.7 Å². The first-order chi connectivity index (χ1) is 13.7. The maximum absolute atomic E-state index is 13.1. The number of carbonyl (C=O) groups is 1. The van der Waals surface area contributed by atoms with Gasteiger partial charge in [-0.05, 0) is 47.5 Å². The number of tetrazole rings is 1. The number of nitrogens with one attached hydrogen (secondary N) is 1. The van der Waals surface area contributed by atoms with Crippen LogP contribution >= 0.6 is 0 Å². The summed E-state index contributed by atoms with van der Waals surface area (Å²) >= 11 is 0. The van der Waals surface area contributed by atoms with E-state index in [-0.39, 0.29) is 11.8 Å². The number of urea groups is 1. The van der Waals surface area contributed by atoms with Gasteiger partial charge in [-0.25, -0.2) is 9.18 Å². The Morgan fingerprint density at radius 3 is 2.50 bits per heavy atom. The van der Waals surface area contributed by atoms with E-state index in [2.05, 4.69) is 25.7 Å². The lowest BCUT2D eigenvalue weighted by Gasteiger charge is -2.35. The van der Waals surface area contributed by atoms with Crippen LogP contribution in [0.2, 0.25) is 0 Å². The summed E-state index contributed by atoms with van der Waals surface area (Å²) in [5.74, 6) is 0.410. The van der Waals surface area contributed by atoms with Crippen molar-refractivity contribution in [1.82, 2.24) is 35.3 Å². The molecule has 9 heteroatoms. The van der Waals surface area contributed by atoms with E-state index in [0.717, 1.165) is 31.6 Å². The van der Waals surface area contributed by atoms with Gasteiger partial charge in [0.15, 0.2) is 5.82 Å². The van der Waals surface area contributed by atoms with Crippen LogP contribution in [0.25, 0.3) is 5.69 Å². The predicted octanol–water partition coefficient (Wildman–Crippen LogP) is 1.96. The number of amides is 2. The van der Waals surface area contributed by atoms with Crippen molar-refractivity contribution in [1.29, 1.82) is 0 Å². The van der Waals surface area contributed by atoms with E-state index in [1.54, 1.807) is 16.8 Å². The summed E-state index contributed by atoms with van der Waals surface area (Å²) in [5.41, 5.74) is 0.729. The molecule has 1 saturated heterocycles. The van der Waals surface area contributed by atoms with E-state index in [9.17, 15) is 9.18 Å². The summed E-state index contributed by atoms with van der Waals surface area (Å²) in [6, 6.07) is 6.49. The van der Waals surface area contributed by atoms with Crippen LogP contribution < -0.4 is 5.32 Å². The third-order valence-corrected chi connectivity index (χ3v) is 5.56. The molecule has 0 atom stereocenters. The molecule has 0 bridgehead atoms. The highest BCUT2D eigenvalue weighted by atomic mass is 19.1. The minimum atomic E-state index is -0.291. The lowest BCUT2D eigenvalue weighted by Crippen LogP contribution is -2.53. The standard InChI is InChI=1S/C19H26FN7O/c20-15-6-8-17(9-7-15)27-18(22-23-24-27)14-25-10-12-26(13-11-25)19(28)21-16-4-2-1-3-5-16/h6-9,16H,1-5,10-14H2,(H,21,28). The number of carbonyl (C=O) groups excluding carboxylic acids is 1. The molecule has 4 rings (SSSR count). The fourth-order valence-corrected chi connectivity index (χ4v) is 3.91. The normalized spacial score (nSPS) is 19.0. The highest BCUT2D eigenvalue weighted by Crippen LogP contribution is 2.18. The Balaban J connectivity index is 1.30. The number of hydrogen-bond donors (Lipinski definition) is 1. The van der Waals surface area contributed by atoms with Gasteiger partial charge < -0.3 is 10.2 Å². The highest BCUT2D eigenvalue weighted by Gasteiger charge is 2.25. The first kappa shape index (κ1) is 18.8. The van der Waals surface area contributed by atoms with E-state index in [1.807, 2.05) is 4.90 Å². The third-order valence-electron chi connectivity index (χ3n) is 5.56. The van der Waals surface area contributed by atoms with Gasteiger partial charge in [0.05, 0.1) is 12.2 Å². The average Bonchev–Trinajstić information content (AvgIpc) is 3.18. The summed E-state index contributed by atoms with van der Waals surface area (Å²) in [6.07, 6.45) is 5.89. The molecule has 28 heavy (non-hydrogen) atoms. The molecule has 0 unspecified atom stereocenters. The van der Waals surface area contributed by atoms with Crippen LogP contribution in [0.5, 0.6) is 0 Å². The molecule has 0 radical (unpaired) electrons. The van der Waals surface area contributed by atoms with Crippen molar-refractivity contribution < 1.29 is 9.18 Å². The number of benzene rings is 1. The Morgan fingerprint density at radius 1 is 1.07 bits per heavy atom. The first-order valence-corrected chi connectivity index (χ1v) is 10.00. The molecule has 1 aliphatic carbocycles. The van der Waals surface area contributed by atoms with Gasteiger partial charge in [-0.3, -0.25) is 4.90 Å². The maximum Gasteiger partial charge on any atom is 0.317 e. The maximum atomic E-state index is 13.1. The Bertz CT molecular complexity index is 780. The van der Waals surface area contributed by atoms with Crippen molar-refractivity contribution in [2.24, 2.45) is 0 Å². The van der Waals surface area contributed by atoms with E-state index in [1.165, 1.54) is 31.4 Å². The second-order valence-corrected chi connectivity index (χ2v) is 7.53. The molecule has 1 aromatic heterocycles. The predicted molar refractivity (Wildman–Crippen MR) is 101 cm³/mol. The van der Waals surface area contributed by atoms with Gasteiger partial charge in [-0.2, -0.15) is 4.68 Å². The van der Waals surface area contributed by atoms with Gasteiger partial charge in [-0.1, -0.05) is 19.3 Å². The smallest absolute Gasteiger partial charge is 0.317 e. The summed E-state index contributed by atoms with van der Waals surface area (Å²) < 4.78 is 14.8. The summed E-state index contributed by atoms with van der Waals surface area (Å²) in [6.45, 7) is 3.51. The van der Waals surface area contributed by atoms with Crippen molar-refractivity contribution >= 4 is 6.03 Å². The largest absolute Gasteiger partial charge is 0.335 e. The highest BCUT2D eigenvalue weighted by molar-refractivity contribution is 5.74. The zero-order chi connectivity index (χ0) is 19.3. The zero-order valence-corrected chi connectivity index (χ0v) is 15.9. The first-order valence-electron chi connectivity index (χ1n) is 10.00. The number of nitrogens with zero attached hydrogens (tertiary/aromatic N) is 6. The SMILES string of the molecule is O=C(NC1CCCCC1)N1CCN(Cc2nnnn2-c2ccc(F)cc2)CC1. The lowest BCUT2D eigenvalue weighted by atomic mass is 9.96. The fraction of sp³-hybridized carbons (Fsp3) is 0.579. The molecule has 2 aliphatic rings. The molecule has 1 N–H and O–H groups in total. The van der Waals surface area contributed by atoms with E-state index in [4.69, 9.17) is 0 Å². The van der Waals surface area contributed by atoms with Gasteiger partial charge in [0.1, 0.15) is 5.82 Å². The van der Waals surface area contributed by atoms with Crippen molar-refractivity contribution in [3.05, 3.63) is 35.9 Å². The van der Waals surface area contributed by atoms with Gasteiger partial charge in [0, 0.05) is 32.2 Å². The van der Waals surface area contributed by atoms with Gasteiger partial charge in [-0.15, -0.1) is 5.10 Å². The number of piperazine rings is 1. The third kappa shape index (κ3) is 4.46. The molecule has 1 saturated carbocycles. The van der Waals surface area contributed by atoms with Crippen LogP contribution in [-0.4, -0.2) is 68.3 Å². The number of aromatic nitrogens is 4. The number of halogens is 1. The Kier molecular flexibility index (Phi) is 5.80. The lowest BCUT2D eigenvalue weighted by molar-refractivity contribution is 0.129. The number of rotatable bonds is 4. The minimum absolute atomic E-state index is 0.0581. The van der Waals surface area contributed by atoms with Crippen LogP contribution in [0.4, 0.5) is 9.18 Å². The second-order valence-electron chi connectivity index (χ2n) is 7.53. The van der Waals surface area contributed by atoms with Crippen molar-refractivity contribution in [3.8, 4) is 5.69 Å². The molecule has 2 amide bonds. The van der Waals surface area contributed by atoms with Gasteiger partial charge in [0.25, 0.3) is 0 Å². The van der Waals surface area contributed by atoms with Crippen molar-refractivity contribution in [3.63, 3.8) is 0 Å². The average molecular weight is 387 g/mol. The van der Waals surface area contributed by atoms with Crippen LogP contribution in [0.1, 0.15) is 37.9 Å². The van der Waals surface area contributed by atoms with Crippen LogP contribution in [0.15, 0.2) is 24.3 Å². The molecule has 2 heterocycles. The quantitative estimate of drug-likeness (QED) is 0.868. The molecular formula is C19H26FN7O. The molecule has 2 aromatic rings. The molecule has 8 nitrogen and oxygen atoms in total. The molecule has 150 valence electrons. The summed E-state index contributed by atoms with van der Waals surface area (Å²) in [7, 11) is 0. The zero-order valence-electron chi connectivity index (χ0n) is 15.9. The Labute approximate surface area is 163 Å². The molecule has 2 fully saturated rings. The van der Waals surface area contributed by atoms with E-state index >= 15 is 0 Å². The fourth-order valence-electron chi connectivity index (χ4n) is 3.91. The van der Waals surface area contributed by atoms with Gasteiger partial charge in [0.2, 0.25) is 0 Å². The minimum Gasteiger partial charge on any atom is -0.335 e. The molecule has 0 spiro atoms. The second kappa shape index (κ2) is 8.64. The Morgan fingerprint density at radius 2 is 1.79 bits per heavy atom. The summed E-state index contributed by atoms with van der Waals surface area (Å²) in [5, 5.41) is 15.1. The monoisotopic (exact) mass is 387 g/mol. The Hall–Kier alpha value is -2.55. The van der Waals surface area contributed by atoms with Crippen molar-refractivity contribution in [2.75, 3.05) is 26.2 Å². The van der Waals surface area contributed by atoms with Crippen LogP contribution in [-0.2, 0) is 6.54 Å². The van der Waals surface area contributed by atoms with Crippen LogP contribution in [0, 0.1) is 5.82 Å². The van der Waals surface area contributed by atoms with E-state index < -0.39 is 0 Å². The number of hydrogen-bond acceptors (Lipinski definition) is 5. The molecule has 1 aliphatic heterocycles. The van der Waals surface area contributed by atoms with Crippen LogP contribution in [0.3, 0.4) is 0 Å². The topological polar surface area (TPSA) is 79.2 Å². The summed E-state index contributed by atoms with van der Waals surface area (Å²) in [4.78, 5) is 16.6. The molecule has 1 aromatic carbocycles. The van der Waals surface area contributed by atoms with E-state index in [0.29, 0.717) is 31.5 Å².